The van der Waals surface area contributed by atoms with Crippen LogP contribution in [0.2, 0.25) is 0 Å². The zero-order valence-corrected chi connectivity index (χ0v) is 33.2. The normalized spacial score (nSPS) is 12.7. The van der Waals surface area contributed by atoms with E-state index in [0.29, 0.717) is 17.5 Å². The number of nitrogens with zero attached hydrogens (tertiary/aromatic N) is 3. The van der Waals surface area contributed by atoms with Crippen LogP contribution in [0.25, 0.3) is 89.8 Å². The van der Waals surface area contributed by atoms with Crippen molar-refractivity contribution in [3.8, 4) is 89.8 Å². The minimum Gasteiger partial charge on any atom is -0.208 e. The summed E-state index contributed by atoms with van der Waals surface area (Å²) in [6.45, 7) is 0. The van der Waals surface area contributed by atoms with Gasteiger partial charge in [-0.3, -0.25) is 0 Å². The van der Waals surface area contributed by atoms with Crippen molar-refractivity contribution in [2.75, 3.05) is 0 Å². The molecule has 12 rings (SSSR count). The van der Waals surface area contributed by atoms with E-state index >= 15 is 0 Å². The molecule has 61 heavy (non-hydrogen) atoms. The zero-order valence-electron chi connectivity index (χ0n) is 33.2. The second kappa shape index (κ2) is 14.1. The molecular formula is C58H37N3. The molecule has 0 fully saturated rings. The maximum atomic E-state index is 5.24. The quantitative estimate of drug-likeness (QED) is 0.169. The fraction of sp³-hybridized carbons (Fsp3) is 0.0172. The average molecular weight is 776 g/mol. The molecule has 3 nitrogen and oxygen atoms in total. The van der Waals surface area contributed by atoms with E-state index in [1.54, 1.807) is 0 Å². The summed E-state index contributed by atoms with van der Waals surface area (Å²) in [5, 5.41) is 0. The topological polar surface area (TPSA) is 38.7 Å². The first-order valence-electron chi connectivity index (χ1n) is 20.8. The summed E-state index contributed by atoms with van der Waals surface area (Å²) in [6, 6.07) is 80.6. The molecule has 0 saturated heterocycles. The minimum atomic E-state index is -0.432. The first-order chi connectivity index (χ1) is 30.2. The van der Waals surface area contributed by atoms with Gasteiger partial charge in [-0.25, -0.2) is 15.0 Å². The predicted octanol–water partition coefficient (Wildman–Crippen LogP) is 14.2. The van der Waals surface area contributed by atoms with Gasteiger partial charge in [-0.1, -0.05) is 200 Å². The van der Waals surface area contributed by atoms with Gasteiger partial charge in [0.15, 0.2) is 17.5 Å². The van der Waals surface area contributed by atoms with E-state index in [4.69, 9.17) is 15.0 Å². The van der Waals surface area contributed by atoms with E-state index in [0.717, 1.165) is 44.5 Å². The molecule has 0 atom stereocenters. The summed E-state index contributed by atoms with van der Waals surface area (Å²) in [4.78, 5) is 15.5. The van der Waals surface area contributed by atoms with Crippen molar-refractivity contribution < 1.29 is 0 Å². The summed E-state index contributed by atoms with van der Waals surface area (Å²) in [5.41, 5.74) is 19.6. The van der Waals surface area contributed by atoms with Crippen molar-refractivity contribution >= 4 is 0 Å². The smallest absolute Gasteiger partial charge is 0.164 e. The van der Waals surface area contributed by atoms with E-state index in [9.17, 15) is 0 Å². The number of aromatic nitrogens is 3. The van der Waals surface area contributed by atoms with Crippen LogP contribution in [0.15, 0.2) is 224 Å². The van der Waals surface area contributed by atoms with Gasteiger partial charge >= 0.3 is 0 Å². The molecule has 2 aliphatic carbocycles. The third kappa shape index (κ3) is 5.62. The Labute approximate surface area is 355 Å². The molecule has 0 aliphatic heterocycles. The van der Waals surface area contributed by atoms with Crippen molar-refractivity contribution in [3.63, 3.8) is 0 Å². The van der Waals surface area contributed by atoms with E-state index in [-0.39, 0.29) is 0 Å². The predicted molar refractivity (Wildman–Crippen MR) is 249 cm³/mol. The molecule has 284 valence electrons. The monoisotopic (exact) mass is 775 g/mol. The second-order valence-corrected chi connectivity index (χ2v) is 15.9. The Kier molecular flexibility index (Phi) is 8.07. The van der Waals surface area contributed by atoms with Gasteiger partial charge in [-0.15, -0.1) is 0 Å². The number of hydrogen-bond acceptors (Lipinski definition) is 3. The van der Waals surface area contributed by atoms with Crippen LogP contribution in [0.1, 0.15) is 22.3 Å². The van der Waals surface area contributed by atoms with Gasteiger partial charge in [0.2, 0.25) is 0 Å². The summed E-state index contributed by atoms with van der Waals surface area (Å²) < 4.78 is 0. The van der Waals surface area contributed by atoms with Gasteiger partial charge in [0, 0.05) is 16.7 Å². The van der Waals surface area contributed by atoms with Crippen molar-refractivity contribution in [2.45, 2.75) is 5.41 Å². The van der Waals surface area contributed by atoms with Crippen LogP contribution >= 0.6 is 0 Å². The highest BCUT2D eigenvalue weighted by Crippen LogP contribution is 2.63. The molecule has 10 aromatic rings. The van der Waals surface area contributed by atoms with Crippen molar-refractivity contribution in [1.82, 2.24) is 15.0 Å². The zero-order chi connectivity index (χ0) is 40.3. The van der Waals surface area contributed by atoms with Gasteiger partial charge in [-0.2, -0.15) is 0 Å². The Morgan fingerprint density at radius 3 is 1.07 bits per heavy atom. The average Bonchev–Trinajstić information content (AvgIpc) is 3.82. The number of hydrogen-bond donors (Lipinski definition) is 0. The Morgan fingerprint density at radius 2 is 0.541 bits per heavy atom. The van der Waals surface area contributed by atoms with Crippen LogP contribution in [0, 0.1) is 0 Å². The number of fused-ring (bicyclic) bond motifs is 10. The third-order valence-corrected chi connectivity index (χ3v) is 12.5. The lowest BCUT2D eigenvalue weighted by Crippen LogP contribution is -2.25. The molecule has 1 aromatic heterocycles. The fourth-order valence-electron chi connectivity index (χ4n) is 9.79. The summed E-state index contributed by atoms with van der Waals surface area (Å²) in [5.74, 6) is 1.89. The SMILES string of the molecule is c1ccc(-c2ccc(-c3nc(-c4ccccc4)nc(-c4cc(-c5ccccc5)cc(-c5ccc6c(c5)C5(c7ccccc7-c7ccccc75)c5ccccc5-6)c4)n3)cc2)cc1. The minimum absolute atomic E-state index is 0.432. The van der Waals surface area contributed by atoms with Crippen LogP contribution in [0.3, 0.4) is 0 Å². The molecule has 0 N–H and O–H groups in total. The first-order valence-corrected chi connectivity index (χ1v) is 20.8. The Balaban J connectivity index is 1.06. The Bertz CT molecular complexity index is 3220. The second-order valence-electron chi connectivity index (χ2n) is 15.9. The van der Waals surface area contributed by atoms with Crippen LogP contribution < -0.4 is 0 Å². The van der Waals surface area contributed by atoms with Gasteiger partial charge in [0.25, 0.3) is 0 Å². The highest BCUT2D eigenvalue weighted by molar-refractivity contribution is 5.96. The van der Waals surface area contributed by atoms with Crippen molar-refractivity contribution in [2.24, 2.45) is 0 Å². The molecular weight excluding hydrogens is 739 g/mol. The van der Waals surface area contributed by atoms with E-state index in [2.05, 4.69) is 200 Å². The van der Waals surface area contributed by atoms with Gasteiger partial charge in [-0.05, 0) is 102 Å². The highest BCUT2D eigenvalue weighted by Gasteiger charge is 2.51. The number of benzene rings is 9. The maximum absolute atomic E-state index is 5.24. The molecule has 2 aliphatic rings. The van der Waals surface area contributed by atoms with Gasteiger partial charge in [0.05, 0.1) is 5.41 Å². The molecule has 0 saturated carbocycles. The standard InChI is InChI=1S/C58H37N3/c1-4-16-38(17-5-1)40-28-30-42(31-29-40)56-59-55(41-20-8-3-9-21-41)60-57(61-56)46-35-44(39-18-6-2-7-19-39)34-45(36-46)43-32-33-50-49-24-12-15-27-53(49)58(54(50)37-43)51-25-13-10-22-47(51)48-23-11-14-26-52(48)58/h1-37H. The van der Waals surface area contributed by atoms with Crippen LogP contribution in [0.5, 0.6) is 0 Å². The fourth-order valence-corrected chi connectivity index (χ4v) is 9.79. The molecule has 3 heteroatoms. The van der Waals surface area contributed by atoms with Crippen LogP contribution in [-0.4, -0.2) is 15.0 Å². The summed E-state index contributed by atoms with van der Waals surface area (Å²) >= 11 is 0. The Morgan fingerprint density at radius 1 is 0.213 bits per heavy atom. The summed E-state index contributed by atoms with van der Waals surface area (Å²) in [7, 11) is 0. The lowest BCUT2D eigenvalue weighted by atomic mass is 9.70. The first kappa shape index (κ1) is 35.0. The van der Waals surface area contributed by atoms with E-state index in [1.165, 1.54) is 50.1 Å². The van der Waals surface area contributed by atoms with E-state index in [1.807, 2.05) is 24.3 Å². The van der Waals surface area contributed by atoms with E-state index < -0.39 is 5.41 Å². The molecule has 1 spiro atoms. The molecule has 9 aromatic carbocycles. The lowest BCUT2D eigenvalue weighted by molar-refractivity contribution is 0.794. The molecule has 0 bridgehead atoms. The van der Waals surface area contributed by atoms with Crippen molar-refractivity contribution in [1.29, 1.82) is 0 Å². The maximum Gasteiger partial charge on any atom is 0.164 e. The van der Waals surface area contributed by atoms with Crippen LogP contribution in [-0.2, 0) is 5.41 Å². The third-order valence-electron chi connectivity index (χ3n) is 12.5. The summed E-state index contributed by atoms with van der Waals surface area (Å²) in [6.07, 6.45) is 0. The van der Waals surface area contributed by atoms with Gasteiger partial charge < -0.3 is 0 Å². The molecule has 1 heterocycles. The molecule has 0 radical (unpaired) electrons. The number of rotatable bonds is 6. The van der Waals surface area contributed by atoms with Crippen LogP contribution in [0.4, 0.5) is 0 Å². The van der Waals surface area contributed by atoms with Gasteiger partial charge in [0.1, 0.15) is 0 Å². The highest BCUT2D eigenvalue weighted by atomic mass is 15.0. The molecule has 0 unspecified atom stereocenters. The largest absolute Gasteiger partial charge is 0.208 e. The Hall–Kier alpha value is -8.01. The lowest BCUT2D eigenvalue weighted by Gasteiger charge is -2.30. The molecule has 0 amide bonds. The van der Waals surface area contributed by atoms with Crippen molar-refractivity contribution in [3.05, 3.63) is 247 Å².